The predicted octanol–water partition coefficient (Wildman–Crippen LogP) is 1.31. The van der Waals surface area contributed by atoms with Gasteiger partial charge in [0.2, 0.25) is 5.91 Å². The van der Waals surface area contributed by atoms with E-state index in [4.69, 9.17) is 4.74 Å². The molecule has 1 N–H and O–H groups in total. The molecule has 0 spiro atoms. The summed E-state index contributed by atoms with van der Waals surface area (Å²) in [5.41, 5.74) is 0. The number of hydrogen-bond donors (Lipinski definition) is 1. The van der Waals surface area contributed by atoms with E-state index in [1.807, 2.05) is 18.2 Å². The molecule has 0 aliphatic carbocycles. The Morgan fingerprint density at radius 3 is 2.78 bits per heavy atom. The summed E-state index contributed by atoms with van der Waals surface area (Å²) in [7, 11) is 1.58. The van der Waals surface area contributed by atoms with E-state index in [1.54, 1.807) is 19.5 Å². The van der Waals surface area contributed by atoms with Crippen molar-refractivity contribution in [2.45, 2.75) is 0 Å². The van der Waals surface area contributed by atoms with Gasteiger partial charge in [-0.1, -0.05) is 17.4 Å². The van der Waals surface area contributed by atoms with Crippen LogP contribution in [0.3, 0.4) is 0 Å². The van der Waals surface area contributed by atoms with Gasteiger partial charge in [0.1, 0.15) is 5.82 Å². The van der Waals surface area contributed by atoms with Crippen molar-refractivity contribution in [3.8, 4) is 5.06 Å². The molecule has 2 aromatic rings. The molecule has 7 nitrogen and oxygen atoms in total. The van der Waals surface area contributed by atoms with E-state index in [0.717, 1.165) is 32.0 Å². The van der Waals surface area contributed by atoms with Crippen LogP contribution in [0.2, 0.25) is 0 Å². The Morgan fingerprint density at radius 1 is 1.30 bits per heavy atom. The number of amides is 1. The van der Waals surface area contributed by atoms with Gasteiger partial charge in [-0.3, -0.25) is 9.69 Å². The molecule has 3 rings (SSSR count). The number of carbonyl (C=O) groups is 1. The van der Waals surface area contributed by atoms with Gasteiger partial charge in [0.25, 0.3) is 0 Å². The summed E-state index contributed by atoms with van der Waals surface area (Å²) in [6, 6.07) is 5.92. The number of methoxy groups -OCH3 is 1. The van der Waals surface area contributed by atoms with Crippen LogP contribution in [0.5, 0.6) is 5.06 Å². The fourth-order valence-corrected chi connectivity index (χ4v) is 3.10. The summed E-state index contributed by atoms with van der Waals surface area (Å²) in [6.45, 7) is 3.79. The second-order valence-corrected chi connectivity index (χ2v) is 6.18. The molecule has 1 aliphatic rings. The fraction of sp³-hybridized carbons (Fsp3) is 0.400. The van der Waals surface area contributed by atoms with Crippen LogP contribution in [-0.4, -0.2) is 60.6 Å². The molecule has 1 amide bonds. The van der Waals surface area contributed by atoms with E-state index < -0.39 is 0 Å². The molecule has 2 aromatic heterocycles. The molecule has 1 aliphatic heterocycles. The Balaban J connectivity index is 1.46. The number of anilines is 2. The van der Waals surface area contributed by atoms with Crippen molar-refractivity contribution < 1.29 is 9.53 Å². The van der Waals surface area contributed by atoms with Crippen molar-refractivity contribution in [1.29, 1.82) is 0 Å². The van der Waals surface area contributed by atoms with Gasteiger partial charge in [-0.15, -0.1) is 0 Å². The van der Waals surface area contributed by atoms with Gasteiger partial charge in [0.15, 0.2) is 10.2 Å². The van der Waals surface area contributed by atoms with Crippen LogP contribution in [0.25, 0.3) is 0 Å². The average Bonchev–Trinajstić information content (AvgIpc) is 3.04. The first-order chi connectivity index (χ1) is 11.2. The molecule has 0 aromatic carbocycles. The minimum Gasteiger partial charge on any atom is -0.486 e. The van der Waals surface area contributed by atoms with Gasteiger partial charge >= 0.3 is 0 Å². The van der Waals surface area contributed by atoms with E-state index in [-0.39, 0.29) is 5.91 Å². The second-order valence-electron chi connectivity index (χ2n) is 5.19. The highest BCUT2D eigenvalue weighted by Crippen LogP contribution is 2.24. The standard InChI is InChI=1S/C15H19N5O2S/c1-22-14-10-17-15(23-14)18-13(21)11-19-6-8-20(9-7-19)12-4-2-3-5-16-12/h2-5,10H,6-9,11H2,1H3,(H,17,18,21). The Labute approximate surface area is 138 Å². The molecular formula is C15H19N5O2S. The number of hydrogen-bond acceptors (Lipinski definition) is 7. The van der Waals surface area contributed by atoms with Gasteiger partial charge in [-0.05, 0) is 12.1 Å². The number of carbonyl (C=O) groups excluding carboxylic acids is 1. The van der Waals surface area contributed by atoms with Gasteiger partial charge in [0, 0.05) is 32.4 Å². The lowest BCUT2D eigenvalue weighted by atomic mass is 10.3. The first-order valence-corrected chi connectivity index (χ1v) is 8.24. The lowest BCUT2D eigenvalue weighted by Crippen LogP contribution is -2.48. The summed E-state index contributed by atoms with van der Waals surface area (Å²) in [6.07, 6.45) is 3.41. The van der Waals surface area contributed by atoms with Crippen LogP contribution in [0, 0.1) is 0 Å². The van der Waals surface area contributed by atoms with Crippen molar-refractivity contribution in [3.63, 3.8) is 0 Å². The zero-order chi connectivity index (χ0) is 16.1. The van der Waals surface area contributed by atoms with Crippen LogP contribution in [0.1, 0.15) is 0 Å². The van der Waals surface area contributed by atoms with Crippen LogP contribution < -0.4 is 15.0 Å². The largest absolute Gasteiger partial charge is 0.486 e. The lowest BCUT2D eigenvalue weighted by molar-refractivity contribution is -0.117. The molecule has 0 radical (unpaired) electrons. The minimum absolute atomic E-state index is 0.0479. The second kappa shape index (κ2) is 7.38. The normalized spacial score (nSPS) is 15.4. The number of nitrogens with one attached hydrogen (secondary N) is 1. The maximum Gasteiger partial charge on any atom is 0.240 e. The summed E-state index contributed by atoms with van der Waals surface area (Å²) in [5.74, 6) is 0.944. The first-order valence-electron chi connectivity index (χ1n) is 7.42. The number of ether oxygens (including phenoxy) is 1. The van der Waals surface area contributed by atoms with Crippen molar-refractivity contribution in [3.05, 3.63) is 30.6 Å². The van der Waals surface area contributed by atoms with Crippen LogP contribution in [-0.2, 0) is 4.79 Å². The van der Waals surface area contributed by atoms with Crippen molar-refractivity contribution in [2.24, 2.45) is 0 Å². The molecule has 8 heteroatoms. The third-order valence-electron chi connectivity index (χ3n) is 3.64. The maximum atomic E-state index is 12.1. The fourth-order valence-electron chi connectivity index (χ4n) is 2.45. The van der Waals surface area contributed by atoms with E-state index in [2.05, 4.69) is 25.1 Å². The highest BCUT2D eigenvalue weighted by molar-refractivity contribution is 7.17. The summed E-state index contributed by atoms with van der Waals surface area (Å²) >= 11 is 1.32. The van der Waals surface area contributed by atoms with E-state index >= 15 is 0 Å². The van der Waals surface area contributed by atoms with Crippen molar-refractivity contribution in [1.82, 2.24) is 14.9 Å². The van der Waals surface area contributed by atoms with E-state index in [0.29, 0.717) is 16.7 Å². The van der Waals surface area contributed by atoms with Gasteiger partial charge < -0.3 is 15.0 Å². The van der Waals surface area contributed by atoms with Crippen molar-refractivity contribution >= 4 is 28.2 Å². The quantitative estimate of drug-likeness (QED) is 0.889. The Kier molecular flexibility index (Phi) is 5.04. The third-order valence-corrected chi connectivity index (χ3v) is 4.52. The van der Waals surface area contributed by atoms with Crippen LogP contribution >= 0.6 is 11.3 Å². The topological polar surface area (TPSA) is 70.6 Å². The molecule has 0 atom stereocenters. The zero-order valence-electron chi connectivity index (χ0n) is 12.9. The smallest absolute Gasteiger partial charge is 0.240 e. The number of aromatic nitrogens is 2. The summed E-state index contributed by atoms with van der Waals surface area (Å²) in [5, 5.41) is 4.06. The SMILES string of the molecule is COc1cnc(NC(=O)CN2CCN(c3ccccn3)CC2)s1. The van der Waals surface area contributed by atoms with Crippen LogP contribution in [0.15, 0.2) is 30.6 Å². The summed E-state index contributed by atoms with van der Waals surface area (Å²) < 4.78 is 5.06. The molecule has 0 unspecified atom stereocenters. The lowest BCUT2D eigenvalue weighted by Gasteiger charge is -2.34. The Hall–Kier alpha value is -2.19. The Morgan fingerprint density at radius 2 is 2.13 bits per heavy atom. The van der Waals surface area contributed by atoms with Crippen LogP contribution in [0.4, 0.5) is 10.9 Å². The highest BCUT2D eigenvalue weighted by atomic mass is 32.1. The minimum atomic E-state index is -0.0479. The van der Waals surface area contributed by atoms with E-state index in [9.17, 15) is 4.79 Å². The zero-order valence-corrected chi connectivity index (χ0v) is 13.8. The maximum absolute atomic E-state index is 12.1. The molecule has 0 bridgehead atoms. The third kappa shape index (κ3) is 4.17. The number of piperazine rings is 1. The molecule has 122 valence electrons. The summed E-state index contributed by atoms with van der Waals surface area (Å²) in [4.78, 5) is 24.9. The molecular weight excluding hydrogens is 314 g/mol. The molecule has 3 heterocycles. The predicted molar refractivity (Wildman–Crippen MR) is 90.2 cm³/mol. The molecule has 0 saturated carbocycles. The molecule has 1 fully saturated rings. The van der Waals surface area contributed by atoms with Gasteiger partial charge in [-0.25, -0.2) is 9.97 Å². The average molecular weight is 333 g/mol. The number of thiazole rings is 1. The first kappa shape index (κ1) is 15.7. The number of rotatable bonds is 5. The monoisotopic (exact) mass is 333 g/mol. The molecule has 1 saturated heterocycles. The van der Waals surface area contributed by atoms with Crippen molar-refractivity contribution in [2.75, 3.05) is 50.1 Å². The van der Waals surface area contributed by atoms with E-state index in [1.165, 1.54) is 11.3 Å². The molecule has 23 heavy (non-hydrogen) atoms. The van der Waals surface area contributed by atoms with Gasteiger partial charge in [-0.2, -0.15) is 0 Å². The Bertz CT molecular complexity index is 640. The number of nitrogens with zero attached hydrogens (tertiary/aromatic N) is 4. The highest BCUT2D eigenvalue weighted by Gasteiger charge is 2.20. The number of pyridine rings is 1. The van der Waals surface area contributed by atoms with Gasteiger partial charge in [0.05, 0.1) is 19.9 Å².